The van der Waals surface area contributed by atoms with Crippen molar-refractivity contribution < 1.29 is 14.3 Å². The van der Waals surface area contributed by atoms with Crippen LogP contribution in [0.2, 0.25) is 0 Å². The summed E-state index contributed by atoms with van der Waals surface area (Å²) in [6.45, 7) is 0.154. The van der Waals surface area contributed by atoms with Gasteiger partial charge in [0.05, 0.1) is 0 Å². The predicted molar refractivity (Wildman–Crippen MR) is 98.0 cm³/mol. The number of amides is 1. The Balaban J connectivity index is 1.44. The van der Waals surface area contributed by atoms with Crippen LogP contribution in [-0.4, -0.2) is 28.0 Å². The monoisotopic (exact) mass is 417 g/mol. The van der Waals surface area contributed by atoms with Gasteiger partial charge in [0.1, 0.15) is 6.61 Å². The van der Waals surface area contributed by atoms with E-state index in [0.717, 1.165) is 21.6 Å². The second-order valence-corrected chi connectivity index (χ2v) is 6.95. The topological polar surface area (TPSA) is 73.3 Å². The fourth-order valence-corrected chi connectivity index (χ4v) is 3.18. The second kappa shape index (κ2) is 6.81. The maximum absolute atomic E-state index is 12.4. The van der Waals surface area contributed by atoms with Crippen molar-refractivity contribution in [2.75, 3.05) is 11.9 Å². The molecule has 0 saturated heterocycles. The number of hydrogen-bond donors (Lipinski definition) is 1. The summed E-state index contributed by atoms with van der Waals surface area (Å²) in [6.07, 6.45) is -0.727. The van der Waals surface area contributed by atoms with Gasteiger partial charge < -0.3 is 9.47 Å². The molecule has 1 aromatic heterocycles. The first kappa shape index (κ1) is 16.0. The van der Waals surface area contributed by atoms with Crippen molar-refractivity contribution in [2.24, 2.45) is 0 Å². The van der Waals surface area contributed by atoms with Crippen LogP contribution < -0.4 is 14.8 Å². The molecule has 126 valence electrons. The number of para-hydroxylation sites is 2. The van der Waals surface area contributed by atoms with Gasteiger partial charge in [0.15, 0.2) is 17.3 Å². The predicted octanol–water partition coefficient (Wildman–Crippen LogP) is 3.75. The third-order valence-corrected chi connectivity index (χ3v) is 4.72. The highest BCUT2D eigenvalue weighted by molar-refractivity contribution is 9.10. The van der Waals surface area contributed by atoms with E-state index in [1.165, 1.54) is 0 Å². The molecule has 4 rings (SSSR count). The Hall–Kier alpha value is -2.45. The van der Waals surface area contributed by atoms with E-state index in [9.17, 15) is 4.79 Å². The van der Waals surface area contributed by atoms with E-state index in [0.29, 0.717) is 22.5 Å². The number of nitrogens with zero attached hydrogens (tertiary/aromatic N) is 2. The van der Waals surface area contributed by atoms with Crippen LogP contribution in [0.1, 0.15) is 0 Å². The Morgan fingerprint density at radius 3 is 2.72 bits per heavy atom. The Bertz CT molecular complexity index is 914. The number of carbonyl (C=O) groups excluding carboxylic acids is 1. The van der Waals surface area contributed by atoms with Crippen molar-refractivity contribution in [1.29, 1.82) is 0 Å². The summed E-state index contributed by atoms with van der Waals surface area (Å²) in [5.74, 6) is 1.45. The van der Waals surface area contributed by atoms with Crippen LogP contribution in [0, 0.1) is 0 Å². The van der Waals surface area contributed by atoms with Gasteiger partial charge in [-0.3, -0.25) is 10.1 Å². The highest BCUT2D eigenvalue weighted by atomic mass is 79.9. The number of nitrogens with one attached hydrogen (secondary N) is 1. The highest BCUT2D eigenvalue weighted by Gasteiger charge is 2.28. The average molecular weight is 418 g/mol. The summed E-state index contributed by atoms with van der Waals surface area (Å²) in [6, 6.07) is 14.9. The van der Waals surface area contributed by atoms with E-state index in [1.54, 1.807) is 12.1 Å². The molecule has 1 aliphatic heterocycles. The summed E-state index contributed by atoms with van der Waals surface area (Å²) >= 11 is 4.52. The van der Waals surface area contributed by atoms with Crippen molar-refractivity contribution in [3.63, 3.8) is 0 Å². The molecule has 6 nitrogen and oxygen atoms in total. The van der Waals surface area contributed by atoms with E-state index >= 15 is 0 Å². The van der Waals surface area contributed by atoms with Gasteiger partial charge in [-0.05, 0) is 24.3 Å². The zero-order chi connectivity index (χ0) is 17.2. The molecule has 0 saturated carbocycles. The lowest BCUT2D eigenvalue weighted by atomic mass is 10.2. The number of fused-ring (bicyclic) bond motifs is 1. The molecule has 1 atom stereocenters. The first-order valence-electron chi connectivity index (χ1n) is 7.48. The molecule has 1 N–H and O–H groups in total. The van der Waals surface area contributed by atoms with Crippen LogP contribution in [0.5, 0.6) is 11.5 Å². The normalized spacial score (nSPS) is 15.6. The second-order valence-electron chi connectivity index (χ2n) is 5.28. The average Bonchev–Trinajstić information content (AvgIpc) is 3.10. The first-order valence-corrected chi connectivity index (χ1v) is 9.05. The van der Waals surface area contributed by atoms with Crippen molar-refractivity contribution in [3.8, 4) is 22.9 Å². The maximum atomic E-state index is 12.4. The molecule has 2 heterocycles. The van der Waals surface area contributed by atoms with Crippen LogP contribution in [0.25, 0.3) is 11.4 Å². The number of halogens is 1. The van der Waals surface area contributed by atoms with Crippen LogP contribution in [0.4, 0.5) is 5.13 Å². The van der Waals surface area contributed by atoms with Gasteiger partial charge in [0, 0.05) is 21.6 Å². The Labute approximate surface area is 156 Å². The van der Waals surface area contributed by atoms with Gasteiger partial charge in [0.2, 0.25) is 11.2 Å². The number of rotatable bonds is 3. The van der Waals surface area contributed by atoms with Crippen molar-refractivity contribution in [3.05, 3.63) is 53.0 Å². The molecule has 0 spiro atoms. The minimum absolute atomic E-state index is 0.154. The van der Waals surface area contributed by atoms with Gasteiger partial charge in [-0.25, -0.2) is 0 Å². The smallest absolute Gasteiger partial charge is 0.270 e. The molecule has 0 aliphatic carbocycles. The largest absolute Gasteiger partial charge is 0.485 e. The van der Waals surface area contributed by atoms with E-state index < -0.39 is 6.10 Å². The Morgan fingerprint density at radius 1 is 1.16 bits per heavy atom. The van der Waals surface area contributed by atoms with Gasteiger partial charge in [-0.1, -0.05) is 40.2 Å². The fourth-order valence-electron chi connectivity index (χ4n) is 2.33. The highest BCUT2D eigenvalue weighted by Crippen LogP contribution is 2.31. The minimum Gasteiger partial charge on any atom is -0.485 e. The molecule has 8 heteroatoms. The van der Waals surface area contributed by atoms with E-state index in [-0.39, 0.29) is 12.5 Å². The zero-order valence-corrected chi connectivity index (χ0v) is 15.2. The van der Waals surface area contributed by atoms with Crippen LogP contribution >= 0.6 is 27.5 Å². The summed E-state index contributed by atoms with van der Waals surface area (Å²) in [5, 5.41) is 3.16. The molecule has 0 bridgehead atoms. The lowest BCUT2D eigenvalue weighted by Gasteiger charge is -2.25. The van der Waals surface area contributed by atoms with Crippen molar-refractivity contribution >= 4 is 38.5 Å². The fraction of sp³-hybridized carbons (Fsp3) is 0.118. The van der Waals surface area contributed by atoms with Crippen molar-refractivity contribution in [1.82, 2.24) is 9.36 Å². The van der Waals surface area contributed by atoms with Crippen LogP contribution in [0.15, 0.2) is 53.0 Å². The number of anilines is 1. The number of ether oxygens (including phenoxy) is 2. The molecular weight excluding hydrogens is 406 g/mol. The van der Waals surface area contributed by atoms with Gasteiger partial charge in [-0.2, -0.15) is 9.36 Å². The Kier molecular flexibility index (Phi) is 4.37. The minimum atomic E-state index is -0.727. The molecule has 0 fully saturated rings. The van der Waals surface area contributed by atoms with E-state index in [1.807, 2.05) is 36.4 Å². The molecule has 0 radical (unpaired) electrons. The lowest BCUT2D eigenvalue weighted by molar-refractivity contribution is -0.125. The molecule has 1 amide bonds. The van der Waals surface area contributed by atoms with Crippen molar-refractivity contribution in [2.45, 2.75) is 6.10 Å². The molecule has 3 aromatic rings. The van der Waals surface area contributed by atoms with Gasteiger partial charge in [0.25, 0.3) is 5.91 Å². The Morgan fingerprint density at radius 2 is 1.92 bits per heavy atom. The molecule has 1 unspecified atom stereocenters. The van der Waals surface area contributed by atoms with Gasteiger partial charge >= 0.3 is 0 Å². The van der Waals surface area contributed by atoms with Crippen LogP contribution in [-0.2, 0) is 4.79 Å². The SMILES string of the molecule is O=C(Nc1nc(-c2ccc(Br)cc2)ns1)C1COc2ccccc2O1. The third-order valence-electron chi connectivity index (χ3n) is 3.56. The number of aromatic nitrogens is 2. The summed E-state index contributed by atoms with van der Waals surface area (Å²) in [4.78, 5) is 16.7. The summed E-state index contributed by atoms with van der Waals surface area (Å²) < 4.78 is 16.5. The third kappa shape index (κ3) is 3.49. The summed E-state index contributed by atoms with van der Waals surface area (Å²) in [7, 11) is 0. The summed E-state index contributed by atoms with van der Waals surface area (Å²) in [5.41, 5.74) is 0.881. The molecule has 1 aliphatic rings. The number of hydrogen-bond acceptors (Lipinski definition) is 6. The molecular formula is C17H12BrN3O3S. The molecule has 25 heavy (non-hydrogen) atoms. The van der Waals surface area contributed by atoms with Gasteiger partial charge in [-0.15, -0.1) is 0 Å². The maximum Gasteiger partial charge on any atom is 0.270 e. The van der Waals surface area contributed by atoms with E-state index in [4.69, 9.17) is 9.47 Å². The van der Waals surface area contributed by atoms with Crippen LogP contribution in [0.3, 0.4) is 0 Å². The number of benzene rings is 2. The molecule has 2 aromatic carbocycles. The first-order chi connectivity index (χ1) is 12.2. The van der Waals surface area contributed by atoms with E-state index in [2.05, 4.69) is 30.6 Å². The standard InChI is InChI=1S/C17H12BrN3O3S/c18-11-7-5-10(6-8-11)15-19-17(25-21-15)20-16(22)14-9-23-12-3-1-2-4-13(12)24-14/h1-8,14H,9H2,(H,19,20,21,22). The zero-order valence-electron chi connectivity index (χ0n) is 12.8. The number of carbonyl (C=O) groups is 1. The lowest BCUT2D eigenvalue weighted by Crippen LogP contribution is -2.40. The quantitative estimate of drug-likeness (QED) is 0.702.